The fraction of sp³-hybridized carbons (Fsp3) is 0.625. The van der Waals surface area contributed by atoms with Gasteiger partial charge in [-0.05, 0) is 6.42 Å². The van der Waals surface area contributed by atoms with Crippen molar-refractivity contribution in [1.82, 2.24) is 0 Å². The van der Waals surface area contributed by atoms with Crippen LogP contribution in [0.5, 0.6) is 0 Å². The molecule has 3 heteroatoms. The van der Waals surface area contributed by atoms with E-state index in [4.69, 9.17) is 10.5 Å². The third kappa shape index (κ3) is 5.61. The van der Waals surface area contributed by atoms with E-state index in [0.717, 1.165) is 18.9 Å². The first-order chi connectivity index (χ1) is 5.20. The maximum absolute atomic E-state index is 10.5. The standard InChI is InChI=1S/C8H15NO2/c1-3-5-7(9)6-11-8(10)4-2/h4,7H,2-3,5-6,9H2,1H3. The minimum Gasteiger partial charge on any atom is -0.461 e. The van der Waals surface area contributed by atoms with Crippen LogP contribution in [0.3, 0.4) is 0 Å². The molecule has 0 saturated carbocycles. The molecule has 64 valence electrons. The topological polar surface area (TPSA) is 52.3 Å². The Hall–Kier alpha value is -0.830. The highest BCUT2D eigenvalue weighted by Gasteiger charge is 2.02. The molecule has 0 bridgehead atoms. The van der Waals surface area contributed by atoms with E-state index in [-0.39, 0.29) is 6.04 Å². The summed E-state index contributed by atoms with van der Waals surface area (Å²) in [6.45, 7) is 5.60. The first-order valence-corrected chi connectivity index (χ1v) is 3.75. The van der Waals surface area contributed by atoms with Gasteiger partial charge in [-0.1, -0.05) is 19.9 Å². The first kappa shape index (κ1) is 10.2. The molecule has 0 aliphatic heterocycles. The molecular weight excluding hydrogens is 142 g/mol. The molecule has 0 aromatic heterocycles. The van der Waals surface area contributed by atoms with Crippen molar-refractivity contribution in [1.29, 1.82) is 0 Å². The van der Waals surface area contributed by atoms with Gasteiger partial charge in [0.2, 0.25) is 0 Å². The lowest BCUT2D eigenvalue weighted by atomic mass is 10.2. The van der Waals surface area contributed by atoms with Crippen molar-refractivity contribution in [3.05, 3.63) is 12.7 Å². The molecule has 0 fully saturated rings. The van der Waals surface area contributed by atoms with E-state index in [0.29, 0.717) is 6.61 Å². The smallest absolute Gasteiger partial charge is 0.330 e. The number of rotatable bonds is 5. The SMILES string of the molecule is C=CC(=O)OCC(N)CCC. The predicted molar refractivity (Wildman–Crippen MR) is 44.0 cm³/mol. The number of ether oxygens (including phenoxy) is 1. The normalized spacial score (nSPS) is 12.2. The molecule has 0 spiro atoms. The second-order valence-electron chi connectivity index (χ2n) is 2.38. The number of hydrogen-bond acceptors (Lipinski definition) is 3. The van der Waals surface area contributed by atoms with Gasteiger partial charge in [0.15, 0.2) is 0 Å². The minimum atomic E-state index is -0.406. The van der Waals surface area contributed by atoms with Crippen LogP contribution in [-0.2, 0) is 9.53 Å². The van der Waals surface area contributed by atoms with E-state index >= 15 is 0 Å². The van der Waals surface area contributed by atoms with E-state index in [9.17, 15) is 4.79 Å². The third-order valence-electron chi connectivity index (χ3n) is 1.27. The Bertz CT molecular complexity index is 134. The molecule has 0 heterocycles. The molecule has 0 aromatic carbocycles. The van der Waals surface area contributed by atoms with Crippen LogP contribution >= 0.6 is 0 Å². The second kappa shape index (κ2) is 5.92. The quantitative estimate of drug-likeness (QED) is 0.475. The van der Waals surface area contributed by atoms with Crippen molar-refractivity contribution < 1.29 is 9.53 Å². The molecule has 0 aliphatic rings. The molecule has 2 N–H and O–H groups in total. The molecule has 0 aliphatic carbocycles. The van der Waals surface area contributed by atoms with Gasteiger partial charge < -0.3 is 10.5 Å². The van der Waals surface area contributed by atoms with Gasteiger partial charge in [-0.2, -0.15) is 0 Å². The van der Waals surface area contributed by atoms with Crippen LogP contribution in [0.1, 0.15) is 19.8 Å². The van der Waals surface area contributed by atoms with Gasteiger partial charge in [-0.15, -0.1) is 0 Å². The highest BCUT2D eigenvalue weighted by atomic mass is 16.5. The average molecular weight is 157 g/mol. The summed E-state index contributed by atoms with van der Waals surface area (Å²) in [6, 6.07) is -0.0381. The summed E-state index contributed by atoms with van der Waals surface area (Å²) >= 11 is 0. The molecule has 0 saturated heterocycles. The van der Waals surface area contributed by atoms with Crippen LogP contribution in [0.25, 0.3) is 0 Å². The molecule has 0 radical (unpaired) electrons. The van der Waals surface area contributed by atoms with Gasteiger partial charge >= 0.3 is 5.97 Å². The highest BCUT2D eigenvalue weighted by Crippen LogP contribution is 1.93. The first-order valence-electron chi connectivity index (χ1n) is 3.75. The zero-order valence-electron chi connectivity index (χ0n) is 6.88. The Morgan fingerprint density at radius 3 is 2.91 bits per heavy atom. The predicted octanol–water partition coefficient (Wildman–Crippen LogP) is 0.843. The monoisotopic (exact) mass is 157 g/mol. The lowest BCUT2D eigenvalue weighted by Gasteiger charge is -2.08. The Labute approximate surface area is 67.2 Å². The summed E-state index contributed by atoms with van der Waals surface area (Å²) in [4.78, 5) is 10.5. The molecular formula is C8H15NO2. The summed E-state index contributed by atoms with van der Waals surface area (Å²) in [5.41, 5.74) is 5.58. The van der Waals surface area contributed by atoms with Crippen LogP contribution in [-0.4, -0.2) is 18.6 Å². The summed E-state index contributed by atoms with van der Waals surface area (Å²) in [5.74, 6) is -0.406. The largest absolute Gasteiger partial charge is 0.461 e. The summed E-state index contributed by atoms with van der Waals surface area (Å²) in [6.07, 6.45) is 3.02. The Morgan fingerprint density at radius 2 is 2.45 bits per heavy atom. The molecule has 0 rings (SSSR count). The molecule has 3 nitrogen and oxygen atoms in total. The van der Waals surface area contributed by atoms with Crippen molar-refractivity contribution >= 4 is 5.97 Å². The summed E-state index contributed by atoms with van der Waals surface area (Å²) in [7, 11) is 0. The fourth-order valence-corrected chi connectivity index (χ4v) is 0.702. The average Bonchev–Trinajstić information content (AvgIpc) is 2.01. The maximum Gasteiger partial charge on any atom is 0.330 e. The van der Waals surface area contributed by atoms with E-state index in [1.165, 1.54) is 0 Å². The zero-order chi connectivity index (χ0) is 8.69. The fourth-order valence-electron chi connectivity index (χ4n) is 0.702. The second-order valence-corrected chi connectivity index (χ2v) is 2.38. The number of nitrogens with two attached hydrogens (primary N) is 1. The maximum atomic E-state index is 10.5. The van der Waals surface area contributed by atoms with E-state index < -0.39 is 5.97 Å². The number of esters is 1. The molecule has 11 heavy (non-hydrogen) atoms. The van der Waals surface area contributed by atoms with Gasteiger partial charge in [-0.25, -0.2) is 4.79 Å². The minimum absolute atomic E-state index is 0.0381. The number of carbonyl (C=O) groups is 1. The van der Waals surface area contributed by atoms with Gasteiger partial charge in [0.1, 0.15) is 6.61 Å². The van der Waals surface area contributed by atoms with Gasteiger partial charge in [0.25, 0.3) is 0 Å². The van der Waals surface area contributed by atoms with Crippen LogP contribution in [0, 0.1) is 0 Å². The summed E-state index contributed by atoms with van der Waals surface area (Å²) in [5, 5.41) is 0. The van der Waals surface area contributed by atoms with E-state index in [2.05, 4.69) is 6.58 Å². The van der Waals surface area contributed by atoms with Crippen molar-refractivity contribution in [2.24, 2.45) is 5.73 Å². The number of carbonyl (C=O) groups excluding carboxylic acids is 1. The Kier molecular flexibility index (Phi) is 5.47. The van der Waals surface area contributed by atoms with E-state index in [1.807, 2.05) is 6.92 Å². The Balaban J connectivity index is 3.37. The van der Waals surface area contributed by atoms with Crippen LogP contribution in [0.15, 0.2) is 12.7 Å². The van der Waals surface area contributed by atoms with Gasteiger partial charge in [0.05, 0.1) is 0 Å². The number of hydrogen-bond donors (Lipinski definition) is 1. The zero-order valence-corrected chi connectivity index (χ0v) is 6.88. The van der Waals surface area contributed by atoms with E-state index in [1.54, 1.807) is 0 Å². The van der Waals surface area contributed by atoms with Crippen molar-refractivity contribution in [3.8, 4) is 0 Å². The molecule has 0 amide bonds. The van der Waals surface area contributed by atoms with Crippen LogP contribution in [0.2, 0.25) is 0 Å². The van der Waals surface area contributed by atoms with Gasteiger partial charge in [0, 0.05) is 12.1 Å². The third-order valence-corrected chi connectivity index (χ3v) is 1.27. The Morgan fingerprint density at radius 1 is 1.82 bits per heavy atom. The van der Waals surface area contributed by atoms with Crippen LogP contribution in [0.4, 0.5) is 0 Å². The van der Waals surface area contributed by atoms with Crippen molar-refractivity contribution in [2.45, 2.75) is 25.8 Å². The van der Waals surface area contributed by atoms with Crippen molar-refractivity contribution in [2.75, 3.05) is 6.61 Å². The van der Waals surface area contributed by atoms with Crippen LogP contribution < -0.4 is 5.73 Å². The molecule has 0 aromatic rings. The highest BCUT2D eigenvalue weighted by molar-refractivity contribution is 5.81. The van der Waals surface area contributed by atoms with Gasteiger partial charge in [-0.3, -0.25) is 0 Å². The lowest BCUT2D eigenvalue weighted by Crippen LogP contribution is -2.26. The molecule has 1 unspecified atom stereocenters. The van der Waals surface area contributed by atoms with Crippen molar-refractivity contribution in [3.63, 3.8) is 0 Å². The lowest BCUT2D eigenvalue weighted by molar-refractivity contribution is -0.138. The summed E-state index contributed by atoms with van der Waals surface area (Å²) < 4.78 is 4.72. The molecule has 1 atom stereocenters.